The maximum Gasteiger partial charge on any atom is 0.407 e. The highest BCUT2D eigenvalue weighted by Gasteiger charge is 2.22. The molecule has 1 fully saturated rings. The van der Waals surface area contributed by atoms with Gasteiger partial charge in [-0.3, -0.25) is 9.69 Å². The molecule has 156 valence electrons. The molecule has 1 aromatic heterocycles. The Balaban J connectivity index is 1.75. The molecular weight excluding hydrogens is 378 g/mol. The molecule has 9 nitrogen and oxygen atoms in total. The second-order valence-electron chi connectivity index (χ2n) is 6.82. The summed E-state index contributed by atoms with van der Waals surface area (Å²) in [5, 5.41) is 19.5. The second kappa shape index (κ2) is 8.87. The molecule has 0 saturated carbocycles. The first kappa shape index (κ1) is 20.5. The maximum atomic E-state index is 12.7. The lowest BCUT2D eigenvalue weighted by Gasteiger charge is -2.33. The van der Waals surface area contributed by atoms with E-state index in [1.54, 1.807) is 25.4 Å². The fourth-order valence-corrected chi connectivity index (χ4v) is 3.45. The van der Waals surface area contributed by atoms with Gasteiger partial charge in [0.2, 0.25) is 0 Å². The third kappa shape index (κ3) is 4.45. The highest BCUT2D eigenvalue weighted by atomic mass is 16.5. The number of aromatic nitrogens is 1. The summed E-state index contributed by atoms with van der Waals surface area (Å²) in [4.78, 5) is 27.0. The lowest BCUT2D eigenvalue weighted by molar-refractivity contribution is 0.102. The Morgan fingerprint density at radius 2 is 1.76 bits per heavy atom. The van der Waals surface area contributed by atoms with Gasteiger partial charge >= 0.3 is 6.09 Å². The second-order valence-corrected chi connectivity index (χ2v) is 6.82. The third-order valence-electron chi connectivity index (χ3n) is 5.09. The molecule has 1 amide bonds. The zero-order valence-corrected chi connectivity index (χ0v) is 16.5. The first-order chi connectivity index (χ1) is 13.9. The average molecular weight is 403 g/mol. The van der Waals surface area contributed by atoms with E-state index in [1.807, 2.05) is 17.0 Å². The number of ether oxygens (including phenoxy) is 2. The van der Waals surface area contributed by atoms with Crippen LogP contribution in [0.5, 0.6) is 17.2 Å². The molecule has 2 N–H and O–H groups in total. The molecule has 0 unspecified atom stereocenters. The van der Waals surface area contributed by atoms with Crippen molar-refractivity contribution in [3.05, 3.63) is 51.9 Å². The van der Waals surface area contributed by atoms with Crippen LogP contribution in [0.3, 0.4) is 0 Å². The molecule has 3 rings (SSSR count). The van der Waals surface area contributed by atoms with Gasteiger partial charge in [-0.15, -0.1) is 0 Å². The average Bonchev–Trinajstić information content (AvgIpc) is 2.73. The number of nitrogens with zero attached hydrogens (tertiary/aromatic N) is 3. The summed E-state index contributed by atoms with van der Waals surface area (Å²) in [5.74, 6) is 0.816. The molecule has 1 aliphatic heterocycles. The Bertz CT molecular complexity index is 934. The van der Waals surface area contributed by atoms with E-state index in [0.29, 0.717) is 49.8 Å². The van der Waals surface area contributed by atoms with E-state index in [1.165, 1.54) is 16.6 Å². The van der Waals surface area contributed by atoms with Gasteiger partial charge in [0.25, 0.3) is 5.56 Å². The zero-order valence-electron chi connectivity index (χ0n) is 16.5. The van der Waals surface area contributed by atoms with Crippen LogP contribution in [0.25, 0.3) is 0 Å². The number of carbonyl (C=O) groups is 1. The van der Waals surface area contributed by atoms with Crippen LogP contribution in [-0.4, -0.2) is 71.1 Å². The Labute approximate surface area is 168 Å². The van der Waals surface area contributed by atoms with Crippen molar-refractivity contribution in [2.24, 2.45) is 0 Å². The minimum absolute atomic E-state index is 0.227. The lowest BCUT2D eigenvalue weighted by Crippen LogP contribution is -2.47. The molecule has 29 heavy (non-hydrogen) atoms. The standard InChI is InChI=1S/C20H25N3O6/c1-28-16-5-3-4-15(18(16)29-2)13-23-7-6-14(17(24)19(23)25)12-21-8-10-22(11-9-21)20(26)27/h3-7,24H,8-13H2,1-2H3,(H,26,27). The van der Waals surface area contributed by atoms with Crippen molar-refractivity contribution in [2.45, 2.75) is 13.1 Å². The van der Waals surface area contributed by atoms with Crippen molar-refractivity contribution >= 4 is 6.09 Å². The smallest absolute Gasteiger partial charge is 0.407 e. The van der Waals surface area contributed by atoms with Crippen LogP contribution in [-0.2, 0) is 13.1 Å². The number of amides is 1. The van der Waals surface area contributed by atoms with Crippen molar-refractivity contribution in [1.29, 1.82) is 0 Å². The van der Waals surface area contributed by atoms with E-state index in [0.717, 1.165) is 5.56 Å². The normalized spacial score (nSPS) is 14.6. The quantitative estimate of drug-likeness (QED) is 0.752. The molecule has 1 aliphatic rings. The van der Waals surface area contributed by atoms with Crippen molar-refractivity contribution in [1.82, 2.24) is 14.4 Å². The summed E-state index contributed by atoms with van der Waals surface area (Å²) in [6.45, 7) is 2.53. The van der Waals surface area contributed by atoms with Gasteiger partial charge in [0, 0.05) is 50.0 Å². The number of carboxylic acid groups (broad SMARTS) is 1. The Morgan fingerprint density at radius 3 is 2.38 bits per heavy atom. The molecule has 0 atom stereocenters. The SMILES string of the molecule is COc1cccc(Cn2ccc(CN3CCN(C(=O)O)CC3)c(O)c2=O)c1OC. The number of aromatic hydroxyl groups is 1. The third-order valence-corrected chi connectivity index (χ3v) is 5.09. The largest absolute Gasteiger partial charge is 0.503 e. The number of rotatable bonds is 6. The van der Waals surface area contributed by atoms with Gasteiger partial charge in [-0.25, -0.2) is 4.79 Å². The van der Waals surface area contributed by atoms with Crippen molar-refractivity contribution in [2.75, 3.05) is 40.4 Å². The van der Waals surface area contributed by atoms with Crippen molar-refractivity contribution in [3.63, 3.8) is 0 Å². The van der Waals surface area contributed by atoms with E-state index in [2.05, 4.69) is 0 Å². The molecule has 0 spiro atoms. The zero-order chi connectivity index (χ0) is 21.0. The highest BCUT2D eigenvalue weighted by Crippen LogP contribution is 2.31. The molecule has 2 aromatic rings. The molecule has 0 radical (unpaired) electrons. The fraction of sp³-hybridized carbons (Fsp3) is 0.400. The van der Waals surface area contributed by atoms with E-state index >= 15 is 0 Å². The molecule has 2 heterocycles. The van der Waals surface area contributed by atoms with Crippen LogP contribution in [0.2, 0.25) is 0 Å². The first-order valence-corrected chi connectivity index (χ1v) is 9.26. The van der Waals surface area contributed by atoms with Crippen LogP contribution in [0, 0.1) is 0 Å². The lowest BCUT2D eigenvalue weighted by atomic mass is 10.1. The molecule has 1 aromatic carbocycles. The molecule has 1 saturated heterocycles. The van der Waals surface area contributed by atoms with Gasteiger partial charge in [-0.1, -0.05) is 12.1 Å². The van der Waals surface area contributed by atoms with Gasteiger partial charge in [0.05, 0.1) is 20.8 Å². The molecular formula is C20H25N3O6. The Kier molecular flexibility index (Phi) is 6.28. The van der Waals surface area contributed by atoms with Gasteiger partial charge in [-0.05, 0) is 12.1 Å². The van der Waals surface area contributed by atoms with E-state index in [4.69, 9.17) is 14.6 Å². The number of hydrogen-bond donors (Lipinski definition) is 2. The topological polar surface area (TPSA) is 104 Å². The number of hydrogen-bond acceptors (Lipinski definition) is 6. The van der Waals surface area contributed by atoms with Crippen LogP contribution in [0.15, 0.2) is 35.3 Å². The predicted octanol–water partition coefficient (Wildman–Crippen LogP) is 1.41. The first-order valence-electron chi connectivity index (χ1n) is 9.26. The molecule has 0 aliphatic carbocycles. The molecule has 9 heteroatoms. The number of pyridine rings is 1. The van der Waals surface area contributed by atoms with E-state index < -0.39 is 11.7 Å². The molecule has 0 bridgehead atoms. The summed E-state index contributed by atoms with van der Waals surface area (Å²) >= 11 is 0. The van der Waals surface area contributed by atoms with Crippen molar-refractivity contribution in [3.8, 4) is 17.2 Å². The van der Waals surface area contributed by atoms with Crippen LogP contribution < -0.4 is 15.0 Å². The Hall–Kier alpha value is -3.20. The van der Waals surface area contributed by atoms with Gasteiger partial charge < -0.3 is 29.2 Å². The summed E-state index contributed by atoms with van der Waals surface area (Å²) in [5.41, 5.74) is 0.787. The summed E-state index contributed by atoms with van der Waals surface area (Å²) in [6.07, 6.45) is 0.715. The Morgan fingerprint density at radius 1 is 1.03 bits per heavy atom. The number of piperazine rings is 1. The fourth-order valence-electron chi connectivity index (χ4n) is 3.45. The van der Waals surface area contributed by atoms with Crippen LogP contribution in [0.1, 0.15) is 11.1 Å². The monoisotopic (exact) mass is 403 g/mol. The maximum absolute atomic E-state index is 12.7. The number of benzene rings is 1. The van der Waals surface area contributed by atoms with Gasteiger partial charge in [0.15, 0.2) is 17.2 Å². The van der Waals surface area contributed by atoms with Gasteiger partial charge in [0.1, 0.15) is 0 Å². The summed E-state index contributed by atoms with van der Waals surface area (Å²) in [7, 11) is 3.08. The number of methoxy groups -OCH3 is 2. The number of para-hydroxylation sites is 1. The minimum atomic E-state index is -0.928. The van der Waals surface area contributed by atoms with E-state index in [-0.39, 0.29) is 12.3 Å². The highest BCUT2D eigenvalue weighted by molar-refractivity contribution is 5.65. The summed E-state index contributed by atoms with van der Waals surface area (Å²) < 4.78 is 12.1. The van der Waals surface area contributed by atoms with E-state index in [9.17, 15) is 14.7 Å². The predicted molar refractivity (Wildman–Crippen MR) is 106 cm³/mol. The van der Waals surface area contributed by atoms with Crippen molar-refractivity contribution < 1.29 is 24.5 Å². The van der Waals surface area contributed by atoms with Gasteiger partial charge in [-0.2, -0.15) is 0 Å². The summed E-state index contributed by atoms with van der Waals surface area (Å²) in [6, 6.07) is 7.14. The minimum Gasteiger partial charge on any atom is -0.503 e. The van der Waals surface area contributed by atoms with Crippen LogP contribution >= 0.6 is 0 Å². The van der Waals surface area contributed by atoms with Crippen LogP contribution in [0.4, 0.5) is 4.79 Å².